The van der Waals surface area contributed by atoms with Crippen molar-refractivity contribution in [2.45, 2.75) is 12.8 Å². The van der Waals surface area contributed by atoms with Gasteiger partial charge < -0.3 is 9.47 Å². The monoisotopic (exact) mass is 174 g/mol. The maximum absolute atomic E-state index is 5.71. The van der Waals surface area contributed by atoms with E-state index >= 15 is 0 Å². The highest BCUT2D eigenvalue weighted by Gasteiger charge is 2.25. The molecule has 0 N–H and O–H groups in total. The molecule has 2 heterocycles. The molecule has 0 aliphatic carbocycles. The SMILES string of the molecule is c1ccc2c(c1)CC/C(=C1/CO1)O2. The second-order valence-electron chi connectivity index (χ2n) is 3.34. The molecule has 0 spiro atoms. The van der Waals surface area contributed by atoms with Gasteiger partial charge in [0.05, 0.1) is 0 Å². The zero-order chi connectivity index (χ0) is 8.67. The van der Waals surface area contributed by atoms with Gasteiger partial charge in [-0.25, -0.2) is 0 Å². The molecule has 1 fully saturated rings. The van der Waals surface area contributed by atoms with Crippen LogP contribution in [-0.2, 0) is 11.2 Å². The van der Waals surface area contributed by atoms with E-state index in [2.05, 4.69) is 6.07 Å². The second-order valence-corrected chi connectivity index (χ2v) is 3.34. The molecule has 2 heteroatoms. The van der Waals surface area contributed by atoms with Gasteiger partial charge in [0.25, 0.3) is 0 Å². The summed E-state index contributed by atoms with van der Waals surface area (Å²) in [4.78, 5) is 0. The summed E-state index contributed by atoms with van der Waals surface area (Å²) in [6.45, 7) is 0.761. The van der Waals surface area contributed by atoms with Crippen LogP contribution in [0.4, 0.5) is 0 Å². The quantitative estimate of drug-likeness (QED) is 0.563. The van der Waals surface area contributed by atoms with Gasteiger partial charge in [-0.05, 0) is 18.1 Å². The van der Waals surface area contributed by atoms with Gasteiger partial charge in [0.1, 0.15) is 18.1 Å². The van der Waals surface area contributed by atoms with Crippen LogP contribution in [-0.4, -0.2) is 6.61 Å². The number of para-hydroxylation sites is 1. The molecule has 1 saturated heterocycles. The van der Waals surface area contributed by atoms with E-state index in [0.29, 0.717) is 0 Å². The van der Waals surface area contributed by atoms with Crippen LogP contribution in [0.5, 0.6) is 5.75 Å². The van der Waals surface area contributed by atoms with Gasteiger partial charge in [0.15, 0.2) is 5.76 Å². The van der Waals surface area contributed by atoms with Crippen LogP contribution in [0.3, 0.4) is 0 Å². The summed E-state index contributed by atoms with van der Waals surface area (Å²) in [5.74, 6) is 3.06. The van der Waals surface area contributed by atoms with E-state index in [1.54, 1.807) is 0 Å². The standard InChI is InChI=1S/C11H10O2/c1-2-4-9-8(3-1)5-6-10(13-9)11-7-12-11/h1-4H,5-7H2/b11-10+. The fourth-order valence-corrected chi connectivity index (χ4v) is 1.64. The molecule has 0 aromatic heterocycles. The molecular formula is C11H10O2. The van der Waals surface area contributed by atoms with Crippen molar-refractivity contribution in [2.75, 3.05) is 6.61 Å². The van der Waals surface area contributed by atoms with Gasteiger partial charge in [-0.1, -0.05) is 18.2 Å². The van der Waals surface area contributed by atoms with Gasteiger partial charge in [-0.15, -0.1) is 0 Å². The minimum atomic E-state index is 0.761. The molecule has 1 aromatic rings. The number of rotatable bonds is 0. The molecule has 1 aromatic carbocycles. The third kappa shape index (κ3) is 1.18. The Morgan fingerprint density at radius 3 is 2.69 bits per heavy atom. The van der Waals surface area contributed by atoms with E-state index in [1.807, 2.05) is 18.2 Å². The summed E-state index contributed by atoms with van der Waals surface area (Å²) in [5, 5.41) is 0. The smallest absolute Gasteiger partial charge is 0.172 e. The first-order valence-corrected chi connectivity index (χ1v) is 4.54. The van der Waals surface area contributed by atoms with Crippen molar-refractivity contribution in [2.24, 2.45) is 0 Å². The minimum Gasteiger partial charge on any atom is -0.483 e. The Hall–Kier alpha value is -1.44. The number of allylic oxidation sites excluding steroid dienone is 1. The lowest BCUT2D eigenvalue weighted by molar-refractivity contribution is 0.361. The third-order valence-corrected chi connectivity index (χ3v) is 2.43. The normalized spacial score (nSPS) is 24.3. The molecule has 2 nitrogen and oxygen atoms in total. The summed E-state index contributed by atoms with van der Waals surface area (Å²) in [6.07, 6.45) is 2.05. The van der Waals surface area contributed by atoms with Gasteiger partial charge in [0.2, 0.25) is 0 Å². The molecule has 13 heavy (non-hydrogen) atoms. The highest BCUT2D eigenvalue weighted by atomic mass is 16.6. The van der Waals surface area contributed by atoms with Crippen LogP contribution in [0.25, 0.3) is 0 Å². The average Bonchev–Trinajstić information content (AvgIpc) is 3.00. The maximum atomic E-state index is 5.71. The first kappa shape index (κ1) is 7.01. The lowest BCUT2D eigenvalue weighted by Crippen LogP contribution is -2.06. The van der Waals surface area contributed by atoms with Crippen LogP contribution in [0, 0.1) is 0 Å². The summed E-state index contributed by atoms with van der Waals surface area (Å²) < 4.78 is 10.8. The summed E-state index contributed by atoms with van der Waals surface area (Å²) >= 11 is 0. The fourth-order valence-electron chi connectivity index (χ4n) is 1.64. The number of hydrogen-bond acceptors (Lipinski definition) is 2. The van der Waals surface area contributed by atoms with Crippen molar-refractivity contribution in [3.05, 3.63) is 41.3 Å². The van der Waals surface area contributed by atoms with Crippen molar-refractivity contribution >= 4 is 0 Å². The van der Waals surface area contributed by atoms with E-state index in [1.165, 1.54) is 5.56 Å². The zero-order valence-electron chi connectivity index (χ0n) is 7.25. The van der Waals surface area contributed by atoms with Crippen molar-refractivity contribution in [1.82, 2.24) is 0 Å². The molecular weight excluding hydrogens is 164 g/mol. The first-order valence-electron chi connectivity index (χ1n) is 4.54. The number of aryl methyl sites for hydroxylation is 1. The Morgan fingerprint density at radius 1 is 1.00 bits per heavy atom. The van der Waals surface area contributed by atoms with Gasteiger partial charge in [0, 0.05) is 6.42 Å². The topological polar surface area (TPSA) is 21.8 Å². The predicted molar refractivity (Wildman–Crippen MR) is 48.4 cm³/mol. The van der Waals surface area contributed by atoms with Crippen LogP contribution >= 0.6 is 0 Å². The molecule has 0 amide bonds. The largest absolute Gasteiger partial charge is 0.483 e. The molecule has 0 unspecified atom stereocenters. The lowest BCUT2D eigenvalue weighted by Gasteiger charge is -2.17. The molecule has 0 saturated carbocycles. The number of fused-ring (bicyclic) bond motifs is 1. The van der Waals surface area contributed by atoms with Crippen LogP contribution in [0.15, 0.2) is 35.8 Å². The summed E-state index contributed by atoms with van der Waals surface area (Å²) in [7, 11) is 0. The molecule has 3 rings (SSSR count). The number of ether oxygens (including phenoxy) is 2. The Balaban J connectivity index is 1.99. The predicted octanol–water partition coefficient (Wildman–Crippen LogP) is 2.25. The van der Waals surface area contributed by atoms with Crippen molar-refractivity contribution < 1.29 is 9.47 Å². The maximum Gasteiger partial charge on any atom is 0.172 e. The third-order valence-electron chi connectivity index (χ3n) is 2.43. The highest BCUT2D eigenvalue weighted by molar-refractivity contribution is 5.38. The number of hydrogen-bond donors (Lipinski definition) is 0. The van der Waals surface area contributed by atoms with Gasteiger partial charge in [-0.3, -0.25) is 0 Å². The summed E-state index contributed by atoms with van der Waals surface area (Å²) in [5.41, 5.74) is 1.30. The van der Waals surface area contributed by atoms with E-state index in [4.69, 9.17) is 9.47 Å². The molecule has 0 radical (unpaired) electrons. The molecule has 66 valence electrons. The Labute approximate surface area is 76.8 Å². The van der Waals surface area contributed by atoms with Crippen LogP contribution < -0.4 is 4.74 Å². The number of epoxide rings is 1. The Morgan fingerprint density at radius 2 is 1.85 bits per heavy atom. The molecule has 0 bridgehead atoms. The van der Waals surface area contributed by atoms with Gasteiger partial charge >= 0.3 is 0 Å². The first-order chi connectivity index (χ1) is 6.43. The van der Waals surface area contributed by atoms with Crippen molar-refractivity contribution in [3.8, 4) is 5.75 Å². The van der Waals surface area contributed by atoms with Crippen LogP contribution in [0.2, 0.25) is 0 Å². The average molecular weight is 174 g/mol. The van der Waals surface area contributed by atoms with Crippen molar-refractivity contribution in [3.63, 3.8) is 0 Å². The second kappa shape index (κ2) is 2.52. The Bertz CT molecular complexity index is 373. The summed E-state index contributed by atoms with van der Waals surface area (Å²) in [6, 6.07) is 8.18. The van der Waals surface area contributed by atoms with Crippen LogP contribution in [0.1, 0.15) is 12.0 Å². The lowest BCUT2D eigenvalue weighted by atomic mass is 10.1. The van der Waals surface area contributed by atoms with Crippen molar-refractivity contribution in [1.29, 1.82) is 0 Å². The molecule has 2 aliphatic heterocycles. The Kier molecular flexibility index (Phi) is 1.36. The minimum absolute atomic E-state index is 0.761. The van der Waals surface area contributed by atoms with E-state index in [0.717, 1.165) is 36.7 Å². The molecule has 2 aliphatic rings. The fraction of sp³-hybridized carbons (Fsp3) is 0.273. The van der Waals surface area contributed by atoms with E-state index in [-0.39, 0.29) is 0 Å². The van der Waals surface area contributed by atoms with Gasteiger partial charge in [-0.2, -0.15) is 0 Å². The zero-order valence-corrected chi connectivity index (χ0v) is 7.25. The highest BCUT2D eigenvalue weighted by Crippen LogP contribution is 2.33. The number of benzene rings is 1. The van der Waals surface area contributed by atoms with E-state index < -0.39 is 0 Å². The van der Waals surface area contributed by atoms with E-state index in [9.17, 15) is 0 Å². The molecule has 0 atom stereocenters.